The monoisotopic (exact) mass is 416 g/mol. The van der Waals surface area contributed by atoms with Crippen molar-refractivity contribution in [3.8, 4) is 11.3 Å². The van der Waals surface area contributed by atoms with E-state index in [4.69, 9.17) is 21.3 Å². The number of aromatic nitrogens is 2. The lowest BCUT2D eigenvalue weighted by Gasteiger charge is -2.20. The van der Waals surface area contributed by atoms with Gasteiger partial charge < -0.3 is 4.74 Å². The van der Waals surface area contributed by atoms with Crippen LogP contribution in [0.5, 0.6) is 0 Å². The molecule has 0 spiro atoms. The molecule has 21 heavy (non-hydrogen) atoms. The van der Waals surface area contributed by atoms with Crippen molar-refractivity contribution in [3.63, 3.8) is 0 Å². The summed E-state index contributed by atoms with van der Waals surface area (Å²) >= 11 is 8.49. The number of rotatable bonds is 5. The van der Waals surface area contributed by atoms with Crippen LogP contribution in [0.25, 0.3) is 11.3 Å². The van der Waals surface area contributed by atoms with Crippen molar-refractivity contribution in [3.05, 3.63) is 44.9 Å². The van der Waals surface area contributed by atoms with Crippen molar-refractivity contribution in [2.75, 3.05) is 6.61 Å². The minimum atomic E-state index is -0.146. The molecule has 0 N–H and O–H groups in total. The van der Waals surface area contributed by atoms with Gasteiger partial charge in [0.15, 0.2) is 5.82 Å². The van der Waals surface area contributed by atoms with Crippen LogP contribution >= 0.6 is 34.2 Å². The predicted octanol–water partition coefficient (Wildman–Crippen LogP) is 5.14. The van der Waals surface area contributed by atoms with Crippen LogP contribution in [0.1, 0.15) is 32.7 Å². The van der Waals surface area contributed by atoms with Crippen molar-refractivity contribution in [2.45, 2.75) is 26.9 Å². The molecule has 112 valence electrons. The molecule has 0 saturated heterocycles. The maximum absolute atomic E-state index is 6.30. The highest BCUT2D eigenvalue weighted by molar-refractivity contribution is 14.1. The van der Waals surface area contributed by atoms with Gasteiger partial charge in [0.05, 0.1) is 9.26 Å². The fourth-order valence-electron chi connectivity index (χ4n) is 2.10. The van der Waals surface area contributed by atoms with E-state index in [2.05, 4.69) is 41.4 Å². The Labute approximate surface area is 144 Å². The summed E-state index contributed by atoms with van der Waals surface area (Å²) in [6.45, 7) is 6.79. The van der Waals surface area contributed by atoms with Gasteiger partial charge in [-0.05, 0) is 35.4 Å². The molecule has 3 nitrogen and oxygen atoms in total. The first kappa shape index (κ1) is 16.6. The molecule has 1 heterocycles. The van der Waals surface area contributed by atoms with Crippen LogP contribution < -0.4 is 0 Å². The minimum Gasteiger partial charge on any atom is -0.370 e. The van der Waals surface area contributed by atoms with Crippen LogP contribution in [0, 0.1) is 9.49 Å². The molecule has 0 saturated carbocycles. The topological polar surface area (TPSA) is 35.0 Å². The number of halogens is 2. The van der Waals surface area contributed by atoms with Crippen LogP contribution in [-0.2, 0) is 4.74 Å². The van der Waals surface area contributed by atoms with E-state index in [1.54, 1.807) is 0 Å². The fraction of sp³-hybridized carbons (Fsp3) is 0.375. The van der Waals surface area contributed by atoms with E-state index in [0.717, 1.165) is 14.8 Å². The highest BCUT2D eigenvalue weighted by Crippen LogP contribution is 2.31. The van der Waals surface area contributed by atoms with E-state index in [1.807, 2.05) is 37.3 Å². The van der Waals surface area contributed by atoms with E-state index in [0.29, 0.717) is 17.6 Å². The Kier molecular flexibility index (Phi) is 5.96. The number of hydrogen-bond donors (Lipinski definition) is 0. The van der Waals surface area contributed by atoms with Gasteiger partial charge in [0, 0.05) is 12.2 Å². The maximum atomic E-state index is 6.30. The molecule has 0 bridgehead atoms. The third-order valence-corrected chi connectivity index (χ3v) is 4.70. The van der Waals surface area contributed by atoms with E-state index in [-0.39, 0.29) is 12.0 Å². The third kappa shape index (κ3) is 3.93. The Morgan fingerprint density at radius 2 is 1.86 bits per heavy atom. The summed E-state index contributed by atoms with van der Waals surface area (Å²) in [5, 5.41) is 0.477. The quantitative estimate of drug-likeness (QED) is 0.500. The molecule has 2 aromatic rings. The zero-order valence-electron chi connectivity index (χ0n) is 12.3. The summed E-state index contributed by atoms with van der Waals surface area (Å²) in [5.74, 6) is 0.931. The molecule has 2 rings (SSSR count). The molecular weight excluding hydrogens is 399 g/mol. The number of ether oxygens (including phenoxy) is 1. The van der Waals surface area contributed by atoms with Gasteiger partial charge in [0.25, 0.3) is 0 Å². The van der Waals surface area contributed by atoms with Crippen LogP contribution in [0.4, 0.5) is 0 Å². The largest absolute Gasteiger partial charge is 0.370 e. The molecule has 1 atom stereocenters. The first-order valence-corrected chi connectivity index (χ1v) is 8.40. The Morgan fingerprint density at radius 3 is 2.43 bits per heavy atom. The Morgan fingerprint density at radius 1 is 1.19 bits per heavy atom. The van der Waals surface area contributed by atoms with Gasteiger partial charge >= 0.3 is 0 Å². The SMILES string of the molecule is CCOC(c1nc(Cl)c(I)c(-c2ccccc2)n1)C(C)C. The molecule has 0 amide bonds. The molecule has 1 aromatic carbocycles. The van der Waals surface area contributed by atoms with E-state index in [9.17, 15) is 0 Å². The fourth-order valence-corrected chi connectivity index (χ4v) is 2.82. The number of benzene rings is 1. The van der Waals surface area contributed by atoms with Crippen molar-refractivity contribution in [1.82, 2.24) is 9.97 Å². The van der Waals surface area contributed by atoms with E-state index < -0.39 is 0 Å². The van der Waals surface area contributed by atoms with Gasteiger partial charge in [-0.1, -0.05) is 55.8 Å². The molecule has 0 aliphatic heterocycles. The smallest absolute Gasteiger partial charge is 0.159 e. The van der Waals surface area contributed by atoms with Gasteiger partial charge in [-0.25, -0.2) is 9.97 Å². The van der Waals surface area contributed by atoms with Gasteiger partial charge in [0.1, 0.15) is 11.3 Å². The van der Waals surface area contributed by atoms with Crippen LogP contribution in [0.15, 0.2) is 30.3 Å². The lowest BCUT2D eigenvalue weighted by Crippen LogP contribution is -2.15. The second-order valence-corrected chi connectivity index (χ2v) is 6.46. The standard InChI is InChI=1S/C16H18ClIN2O/c1-4-21-14(10(2)3)16-19-13(12(18)15(17)20-16)11-8-6-5-7-9-11/h5-10,14H,4H2,1-3H3. The zero-order valence-corrected chi connectivity index (χ0v) is 15.2. The van der Waals surface area contributed by atoms with Gasteiger partial charge in [0.2, 0.25) is 0 Å². The lowest BCUT2D eigenvalue weighted by atomic mass is 10.1. The minimum absolute atomic E-state index is 0.146. The number of hydrogen-bond acceptors (Lipinski definition) is 3. The van der Waals surface area contributed by atoms with Gasteiger partial charge in [-0.3, -0.25) is 0 Å². The molecule has 0 fully saturated rings. The maximum Gasteiger partial charge on any atom is 0.159 e. The third-order valence-electron chi connectivity index (χ3n) is 3.08. The van der Waals surface area contributed by atoms with Crippen molar-refractivity contribution in [1.29, 1.82) is 0 Å². The Balaban J connectivity index is 2.52. The summed E-state index contributed by atoms with van der Waals surface area (Å²) < 4.78 is 6.65. The first-order chi connectivity index (χ1) is 10.0. The average molecular weight is 417 g/mol. The van der Waals surface area contributed by atoms with E-state index in [1.165, 1.54) is 0 Å². The second-order valence-electron chi connectivity index (χ2n) is 5.02. The van der Waals surface area contributed by atoms with Crippen molar-refractivity contribution < 1.29 is 4.74 Å². The van der Waals surface area contributed by atoms with Crippen LogP contribution in [-0.4, -0.2) is 16.6 Å². The normalized spacial score (nSPS) is 12.7. The van der Waals surface area contributed by atoms with Crippen molar-refractivity contribution >= 4 is 34.2 Å². The first-order valence-electron chi connectivity index (χ1n) is 6.94. The van der Waals surface area contributed by atoms with Crippen LogP contribution in [0.2, 0.25) is 5.15 Å². The Bertz CT molecular complexity index is 605. The van der Waals surface area contributed by atoms with Crippen LogP contribution in [0.3, 0.4) is 0 Å². The summed E-state index contributed by atoms with van der Waals surface area (Å²) in [5.41, 5.74) is 1.89. The molecule has 5 heteroatoms. The second kappa shape index (κ2) is 7.51. The molecule has 0 radical (unpaired) electrons. The summed E-state index contributed by atoms with van der Waals surface area (Å²) in [6, 6.07) is 10.0. The average Bonchev–Trinajstić information content (AvgIpc) is 2.48. The molecule has 0 aliphatic rings. The number of nitrogens with zero attached hydrogens (tertiary/aromatic N) is 2. The lowest BCUT2D eigenvalue weighted by molar-refractivity contribution is 0.0232. The van der Waals surface area contributed by atoms with Crippen molar-refractivity contribution in [2.24, 2.45) is 5.92 Å². The van der Waals surface area contributed by atoms with E-state index >= 15 is 0 Å². The van der Waals surface area contributed by atoms with Gasteiger partial charge in [-0.2, -0.15) is 0 Å². The van der Waals surface area contributed by atoms with Gasteiger partial charge in [-0.15, -0.1) is 0 Å². The summed E-state index contributed by atoms with van der Waals surface area (Å²) in [4.78, 5) is 9.14. The predicted molar refractivity (Wildman–Crippen MR) is 94.4 cm³/mol. The summed E-state index contributed by atoms with van der Waals surface area (Å²) in [6.07, 6.45) is -0.146. The summed E-state index contributed by atoms with van der Waals surface area (Å²) in [7, 11) is 0. The molecular formula is C16H18ClIN2O. The Hall–Kier alpha value is -0.720. The molecule has 1 aromatic heterocycles. The highest BCUT2D eigenvalue weighted by atomic mass is 127. The highest BCUT2D eigenvalue weighted by Gasteiger charge is 2.22. The molecule has 1 unspecified atom stereocenters. The molecule has 0 aliphatic carbocycles. The zero-order chi connectivity index (χ0) is 15.4.